The first-order valence-electron chi connectivity index (χ1n) is 6.89. The number of hydrogen-bond acceptors (Lipinski definition) is 4. The summed E-state index contributed by atoms with van der Waals surface area (Å²) in [4.78, 5) is 28.1. The first kappa shape index (κ1) is 14.4. The van der Waals surface area contributed by atoms with E-state index in [9.17, 15) is 9.59 Å². The smallest absolute Gasteiger partial charge is 0.272 e. The van der Waals surface area contributed by atoms with Gasteiger partial charge in [-0.25, -0.2) is 4.98 Å². The number of rotatable bonds is 4. The van der Waals surface area contributed by atoms with Crippen molar-refractivity contribution in [3.63, 3.8) is 0 Å². The Labute approximate surface area is 118 Å². The fourth-order valence-electron chi connectivity index (χ4n) is 2.03. The maximum atomic E-state index is 12.1. The zero-order chi connectivity index (χ0) is 14.7. The Morgan fingerprint density at radius 2 is 2.10 bits per heavy atom. The van der Waals surface area contributed by atoms with Gasteiger partial charge in [-0.1, -0.05) is 0 Å². The van der Waals surface area contributed by atoms with Gasteiger partial charge in [-0.3, -0.25) is 9.59 Å². The van der Waals surface area contributed by atoms with Crippen molar-refractivity contribution in [2.75, 3.05) is 11.9 Å². The van der Waals surface area contributed by atoms with Crippen molar-refractivity contribution < 1.29 is 9.59 Å². The second-order valence-corrected chi connectivity index (χ2v) is 5.28. The van der Waals surface area contributed by atoms with Crippen LogP contribution in [0, 0.1) is 0 Å². The summed E-state index contributed by atoms with van der Waals surface area (Å²) >= 11 is 0. The number of nitrogens with one attached hydrogen (secondary N) is 3. The van der Waals surface area contributed by atoms with E-state index in [4.69, 9.17) is 0 Å². The van der Waals surface area contributed by atoms with Crippen LogP contribution in [0.5, 0.6) is 0 Å². The molecule has 1 unspecified atom stereocenters. The zero-order valence-corrected chi connectivity index (χ0v) is 12.1. The van der Waals surface area contributed by atoms with Gasteiger partial charge in [-0.05, 0) is 27.2 Å². The Morgan fingerprint density at radius 3 is 2.75 bits per heavy atom. The predicted octanol–water partition coefficient (Wildman–Crippen LogP) is 0.342. The molecule has 7 nitrogen and oxygen atoms in total. The number of fused-ring (bicyclic) bond motifs is 1. The maximum absolute atomic E-state index is 12.1. The molecule has 110 valence electrons. The van der Waals surface area contributed by atoms with E-state index in [0.717, 1.165) is 19.5 Å². The van der Waals surface area contributed by atoms with Gasteiger partial charge < -0.3 is 20.5 Å². The highest BCUT2D eigenvalue weighted by Crippen LogP contribution is 2.13. The minimum absolute atomic E-state index is 0.0472. The van der Waals surface area contributed by atoms with Crippen LogP contribution in [0.1, 0.15) is 37.7 Å². The van der Waals surface area contributed by atoms with Crippen molar-refractivity contribution >= 4 is 17.8 Å². The second-order valence-electron chi connectivity index (χ2n) is 5.28. The molecular weight excluding hydrogens is 258 g/mol. The highest BCUT2D eigenvalue weighted by molar-refractivity contribution is 5.96. The lowest BCUT2D eigenvalue weighted by Crippen LogP contribution is -2.46. The van der Waals surface area contributed by atoms with Gasteiger partial charge in [0.1, 0.15) is 11.7 Å². The van der Waals surface area contributed by atoms with Crippen molar-refractivity contribution in [3.05, 3.63) is 11.9 Å². The number of hydrogen-bond donors (Lipinski definition) is 3. The van der Waals surface area contributed by atoms with E-state index in [2.05, 4.69) is 20.9 Å². The van der Waals surface area contributed by atoms with E-state index in [0.29, 0.717) is 11.6 Å². The lowest BCUT2D eigenvalue weighted by atomic mass is 10.2. The van der Waals surface area contributed by atoms with E-state index in [1.807, 2.05) is 18.4 Å². The van der Waals surface area contributed by atoms with E-state index in [1.54, 1.807) is 13.1 Å². The maximum Gasteiger partial charge on any atom is 0.272 e. The average Bonchev–Trinajstić information content (AvgIpc) is 2.81. The molecule has 2 heterocycles. The molecule has 0 saturated heterocycles. The summed E-state index contributed by atoms with van der Waals surface area (Å²) in [7, 11) is 0. The topological polar surface area (TPSA) is 88.1 Å². The van der Waals surface area contributed by atoms with Crippen LogP contribution >= 0.6 is 0 Å². The van der Waals surface area contributed by atoms with E-state index >= 15 is 0 Å². The highest BCUT2D eigenvalue weighted by atomic mass is 16.2. The van der Waals surface area contributed by atoms with Crippen molar-refractivity contribution in [3.8, 4) is 0 Å². The number of carbonyl (C=O) groups is 2. The minimum atomic E-state index is -0.586. The summed E-state index contributed by atoms with van der Waals surface area (Å²) in [5.41, 5.74) is 0.332. The van der Waals surface area contributed by atoms with Crippen LogP contribution in [-0.2, 0) is 11.3 Å². The summed E-state index contributed by atoms with van der Waals surface area (Å²) in [6, 6.07) is -0.539. The summed E-state index contributed by atoms with van der Waals surface area (Å²) < 4.78 is 1.91. The standard InChI is InChI=1S/C13H21N5O2/c1-8(2)15-11(19)9(3)16-12(20)10-7-18-6-4-5-14-13(18)17-10/h7-9H,4-6H2,1-3H3,(H,14,17)(H,15,19)(H,16,20). The van der Waals surface area contributed by atoms with E-state index in [1.165, 1.54) is 0 Å². The quantitative estimate of drug-likeness (QED) is 0.741. The largest absolute Gasteiger partial charge is 0.356 e. The molecule has 0 bridgehead atoms. The van der Waals surface area contributed by atoms with Crippen molar-refractivity contribution in [1.82, 2.24) is 20.2 Å². The van der Waals surface area contributed by atoms with Crippen LogP contribution in [-0.4, -0.2) is 40.0 Å². The van der Waals surface area contributed by atoms with Crippen LogP contribution in [0.2, 0.25) is 0 Å². The second kappa shape index (κ2) is 5.94. The molecular formula is C13H21N5O2. The van der Waals surface area contributed by atoms with Crippen LogP contribution < -0.4 is 16.0 Å². The Bertz CT molecular complexity index is 485. The molecule has 1 aliphatic rings. The molecule has 1 aromatic rings. The summed E-state index contributed by atoms with van der Waals surface area (Å²) in [5.74, 6) is 0.177. The Morgan fingerprint density at radius 1 is 1.35 bits per heavy atom. The molecule has 1 atom stereocenters. The predicted molar refractivity (Wildman–Crippen MR) is 75.5 cm³/mol. The molecule has 2 amide bonds. The summed E-state index contributed by atoms with van der Waals surface area (Å²) in [6.45, 7) is 7.13. The molecule has 20 heavy (non-hydrogen) atoms. The van der Waals surface area contributed by atoms with Crippen LogP contribution in [0.25, 0.3) is 0 Å². The van der Waals surface area contributed by atoms with Gasteiger partial charge in [0.25, 0.3) is 5.91 Å². The lowest BCUT2D eigenvalue weighted by molar-refractivity contribution is -0.123. The van der Waals surface area contributed by atoms with Gasteiger partial charge >= 0.3 is 0 Å². The molecule has 0 aromatic carbocycles. The van der Waals surface area contributed by atoms with Gasteiger partial charge in [-0.15, -0.1) is 0 Å². The minimum Gasteiger partial charge on any atom is -0.356 e. The van der Waals surface area contributed by atoms with Gasteiger partial charge in [0.2, 0.25) is 11.9 Å². The molecule has 3 N–H and O–H groups in total. The Kier molecular flexibility index (Phi) is 4.26. The lowest BCUT2D eigenvalue weighted by Gasteiger charge is -2.15. The molecule has 0 spiro atoms. The number of aryl methyl sites for hydroxylation is 1. The fourth-order valence-corrected chi connectivity index (χ4v) is 2.03. The molecule has 0 aliphatic carbocycles. The Hall–Kier alpha value is -2.05. The third-order valence-corrected chi connectivity index (χ3v) is 3.04. The average molecular weight is 279 g/mol. The molecule has 0 saturated carbocycles. The van der Waals surface area contributed by atoms with Gasteiger partial charge in [-0.2, -0.15) is 0 Å². The number of amides is 2. The molecule has 1 aromatic heterocycles. The van der Waals surface area contributed by atoms with Crippen LogP contribution in [0.3, 0.4) is 0 Å². The molecule has 7 heteroatoms. The van der Waals surface area contributed by atoms with Gasteiger partial charge in [0.15, 0.2) is 0 Å². The summed E-state index contributed by atoms with van der Waals surface area (Å²) in [6.07, 6.45) is 2.72. The van der Waals surface area contributed by atoms with Crippen LogP contribution in [0.15, 0.2) is 6.20 Å². The third-order valence-electron chi connectivity index (χ3n) is 3.04. The van der Waals surface area contributed by atoms with E-state index in [-0.39, 0.29) is 17.9 Å². The van der Waals surface area contributed by atoms with Crippen molar-refractivity contribution in [2.45, 2.75) is 45.8 Å². The number of anilines is 1. The number of nitrogens with zero attached hydrogens (tertiary/aromatic N) is 2. The normalized spacial score (nSPS) is 15.2. The number of imidazole rings is 1. The third kappa shape index (κ3) is 3.28. The SMILES string of the molecule is CC(C)NC(=O)C(C)NC(=O)c1cn2c(n1)NCCC2. The van der Waals surface area contributed by atoms with Crippen LogP contribution in [0.4, 0.5) is 5.95 Å². The highest BCUT2D eigenvalue weighted by Gasteiger charge is 2.20. The monoisotopic (exact) mass is 279 g/mol. The zero-order valence-electron chi connectivity index (χ0n) is 12.1. The van der Waals surface area contributed by atoms with Gasteiger partial charge in [0, 0.05) is 25.3 Å². The molecule has 2 rings (SSSR count). The van der Waals surface area contributed by atoms with Crippen molar-refractivity contribution in [1.29, 1.82) is 0 Å². The van der Waals surface area contributed by atoms with Crippen molar-refractivity contribution in [2.24, 2.45) is 0 Å². The molecule has 1 aliphatic heterocycles. The number of carbonyl (C=O) groups excluding carboxylic acids is 2. The summed E-state index contributed by atoms with van der Waals surface area (Å²) in [5, 5.41) is 8.55. The molecule has 0 radical (unpaired) electrons. The first-order chi connectivity index (χ1) is 9.47. The fraction of sp³-hybridized carbons (Fsp3) is 0.615. The Balaban J connectivity index is 1.97. The van der Waals surface area contributed by atoms with Gasteiger partial charge in [0.05, 0.1) is 0 Å². The first-order valence-corrected chi connectivity index (χ1v) is 6.89. The number of aromatic nitrogens is 2. The molecule has 0 fully saturated rings. The van der Waals surface area contributed by atoms with E-state index < -0.39 is 6.04 Å².